The highest BCUT2D eigenvalue weighted by atomic mass is 15.2. The molecule has 0 aliphatic carbocycles. The van der Waals surface area contributed by atoms with Crippen molar-refractivity contribution in [1.29, 1.82) is 0 Å². The van der Waals surface area contributed by atoms with Crippen LogP contribution in [0.5, 0.6) is 0 Å². The van der Waals surface area contributed by atoms with E-state index < -0.39 is 0 Å². The molecule has 0 fully saturated rings. The molecule has 4 rings (SSSR count). The molecule has 0 radical (unpaired) electrons. The molecule has 3 nitrogen and oxygen atoms in total. The maximum absolute atomic E-state index is 2.67. The molecule has 0 saturated heterocycles. The van der Waals surface area contributed by atoms with E-state index in [2.05, 4.69) is 104 Å². The second kappa shape index (κ2) is 8.33. The quantitative estimate of drug-likeness (QED) is 0.420. The standard InChI is InChI=1S/C26H35BN3/c1-7-8-9-16-29-23-15-11-12-20(4)24(23)26-28(6)17-18-30(26)27(29)25-21(5)13-10-14-22(25)19(2)3/h10-15,17-19H,7-9,16H2,1-6H3/q+1. The molecule has 1 aliphatic heterocycles. The van der Waals surface area contributed by atoms with Crippen molar-refractivity contribution in [1.82, 2.24) is 4.57 Å². The van der Waals surface area contributed by atoms with Gasteiger partial charge in [0.15, 0.2) is 0 Å². The van der Waals surface area contributed by atoms with Crippen LogP contribution in [0.15, 0.2) is 48.8 Å². The number of fused-ring (bicyclic) bond motifs is 3. The Labute approximate surface area is 182 Å². The van der Waals surface area contributed by atoms with Crippen molar-refractivity contribution in [2.24, 2.45) is 7.05 Å². The maximum Gasteiger partial charge on any atom is 0.537 e. The third-order valence-electron chi connectivity index (χ3n) is 6.61. The number of benzene rings is 2. The van der Waals surface area contributed by atoms with Gasteiger partial charge in [0.1, 0.15) is 12.4 Å². The van der Waals surface area contributed by atoms with Crippen LogP contribution in [0, 0.1) is 13.8 Å². The molecule has 1 aromatic heterocycles. The monoisotopic (exact) mass is 400 g/mol. The first-order valence-electron chi connectivity index (χ1n) is 11.5. The number of unbranched alkanes of at least 4 members (excludes halogenated alkanes) is 2. The first-order valence-corrected chi connectivity index (χ1v) is 11.5. The van der Waals surface area contributed by atoms with Gasteiger partial charge in [-0.15, -0.1) is 0 Å². The minimum atomic E-state index is 0.186. The Morgan fingerprint density at radius 2 is 1.73 bits per heavy atom. The van der Waals surface area contributed by atoms with E-state index >= 15 is 0 Å². The second-order valence-corrected chi connectivity index (χ2v) is 9.12. The summed E-state index contributed by atoms with van der Waals surface area (Å²) in [5.74, 6) is 1.79. The van der Waals surface area contributed by atoms with Crippen LogP contribution in [0.1, 0.15) is 62.6 Å². The van der Waals surface area contributed by atoms with Crippen molar-refractivity contribution >= 4 is 18.1 Å². The Balaban J connectivity index is 1.99. The minimum Gasteiger partial charge on any atom is -0.369 e. The van der Waals surface area contributed by atoms with E-state index in [0.717, 1.165) is 6.54 Å². The first kappa shape index (κ1) is 20.8. The zero-order chi connectivity index (χ0) is 21.4. The first-order chi connectivity index (χ1) is 14.5. The van der Waals surface area contributed by atoms with E-state index in [9.17, 15) is 0 Å². The van der Waals surface area contributed by atoms with Crippen molar-refractivity contribution in [2.45, 2.75) is 59.8 Å². The third kappa shape index (κ3) is 3.36. The number of hydrogen-bond acceptors (Lipinski definition) is 1. The summed E-state index contributed by atoms with van der Waals surface area (Å²) in [7, 11) is 2.17. The molecule has 2 heterocycles. The van der Waals surface area contributed by atoms with Crippen LogP contribution < -0.4 is 14.8 Å². The van der Waals surface area contributed by atoms with Crippen LogP contribution in [-0.2, 0) is 7.05 Å². The number of imidazole rings is 1. The fraction of sp³-hybridized carbons (Fsp3) is 0.423. The molecule has 2 aromatic carbocycles. The van der Waals surface area contributed by atoms with Gasteiger partial charge in [0, 0.05) is 17.7 Å². The molecule has 4 heteroatoms. The Kier molecular flexibility index (Phi) is 5.77. The molecule has 0 unspecified atom stereocenters. The topological polar surface area (TPSA) is 12.1 Å². The van der Waals surface area contributed by atoms with Crippen LogP contribution in [0.25, 0.3) is 11.4 Å². The van der Waals surface area contributed by atoms with Gasteiger partial charge in [0.05, 0.1) is 12.6 Å². The number of aryl methyl sites for hydroxylation is 3. The smallest absolute Gasteiger partial charge is 0.369 e. The SMILES string of the molecule is CCCCCN1B(c2c(C)cccc2C(C)C)[n+]2ccn(C)c2-c2c(C)cccc21. The molecule has 0 amide bonds. The number of rotatable bonds is 6. The fourth-order valence-corrected chi connectivity index (χ4v) is 5.09. The van der Waals surface area contributed by atoms with Gasteiger partial charge in [0.2, 0.25) is 0 Å². The Bertz CT molecular complexity index is 1050. The van der Waals surface area contributed by atoms with Crippen molar-refractivity contribution in [3.63, 3.8) is 0 Å². The van der Waals surface area contributed by atoms with Gasteiger partial charge in [-0.3, -0.25) is 4.48 Å². The Morgan fingerprint density at radius 1 is 1.00 bits per heavy atom. The lowest BCUT2D eigenvalue weighted by atomic mass is 9.58. The number of hydrogen-bond donors (Lipinski definition) is 0. The molecule has 0 spiro atoms. The molecular formula is C26H35BN3+. The summed E-state index contributed by atoms with van der Waals surface area (Å²) in [6.07, 6.45) is 8.21. The van der Waals surface area contributed by atoms with Gasteiger partial charge in [-0.25, -0.2) is 4.57 Å². The largest absolute Gasteiger partial charge is 0.537 e. The molecule has 30 heavy (non-hydrogen) atoms. The van der Waals surface area contributed by atoms with E-state index in [1.54, 1.807) is 0 Å². The van der Waals surface area contributed by atoms with Crippen LogP contribution in [-0.4, -0.2) is 18.1 Å². The molecule has 0 bridgehead atoms. The average Bonchev–Trinajstić information content (AvgIpc) is 3.09. The molecule has 156 valence electrons. The predicted molar refractivity (Wildman–Crippen MR) is 129 cm³/mol. The van der Waals surface area contributed by atoms with Gasteiger partial charge in [-0.2, -0.15) is 0 Å². The summed E-state index contributed by atoms with van der Waals surface area (Å²) in [5, 5.41) is 0. The highest BCUT2D eigenvalue weighted by molar-refractivity contribution is 6.71. The zero-order valence-corrected chi connectivity index (χ0v) is 19.4. The summed E-state index contributed by atoms with van der Waals surface area (Å²) >= 11 is 0. The summed E-state index contributed by atoms with van der Waals surface area (Å²) in [4.78, 5) is 2.67. The molecule has 3 aromatic rings. The molecule has 0 N–H and O–H groups in total. The van der Waals surface area contributed by atoms with Crippen LogP contribution >= 0.6 is 0 Å². The number of nitrogens with zero attached hydrogens (tertiary/aromatic N) is 3. The highest BCUT2D eigenvalue weighted by Gasteiger charge is 2.46. The van der Waals surface area contributed by atoms with Crippen molar-refractivity contribution < 1.29 is 4.48 Å². The predicted octanol–water partition coefficient (Wildman–Crippen LogP) is 4.97. The Morgan fingerprint density at radius 3 is 2.47 bits per heavy atom. The lowest BCUT2D eigenvalue weighted by Crippen LogP contribution is -2.72. The second-order valence-electron chi connectivity index (χ2n) is 9.12. The molecule has 1 aliphatic rings. The molecular weight excluding hydrogens is 365 g/mol. The van der Waals surface area contributed by atoms with Crippen LogP contribution in [0.2, 0.25) is 0 Å². The normalized spacial score (nSPS) is 13.0. The lowest BCUT2D eigenvalue weighted by molar-refractivity contribution is -0.524. The van der Waals surface area contributed by atoms with E-state index in [4.69, 9.17) is 0 Å². The van der Waals surface area contributed by atoms with Crippen LogP contribution in [0.3, 0.4) is 0 Å². The average molecular weight is 400 g/mol. The maximum atomic E-state index is 2.67. The van der Waals surface area contributed by atoms with E-state index in [0.29, 0.717) is 5.92 Å². The third-order valence-corrected chi connectivity index (χ3v) is 6.61. The van der Waals surface area contributed by atoms with E-state index in [1.165, 1.54) is 58.5 Å². The van der Waals surface area contributed by atoms with Crippen LogP contribution in [0.4, 0.5) is 5.69 Å². The summed E-state index contributed by atoms with van der Waals surface area (Å²) < 4.78 is 4.80. The zero-order valence-electron chi connectivity index (χ0n) is 19.4. The molecule has 0 atom stereocenters. The van der Waals surface area contributed by atoms with Gasteiger partial charge >= 0.3 is 6.98 Å². The van der Waals surface area contributed by atoms with Gasteiger partial charge in [-0.05, 0) is 48.9 Å². The number of aromatic nitrogens is 2. The van der Waals surface area contributed by atoms with E-state index in [1.807, 2.05) is 0 Å². The minimum absolute atomic E-state index is 0.186. The van der Waals surface area contributed by atoms with Crippen molar-refractivity contribution in [2.75, 3.05) is 11.4 Å². The van der Waals surface area contributed by atoms with Gasteiger partial charge < -0.3 is 4.81 Å². The summed E-state index contributed by atoms with van der Waals surface area (Å²) in [6, 6.07) is 13.6. The summed E-state index contributed by atoms with van der Waals surface area (Å²) in [6.45, 7) is 12.7. The van der Waals surface area contributed by atoms with Crippen molar-refractivity contribution in [3.8, 4) is 11.4 Å². The van der Waals surface area contributed by atoms with Gasteiger partial charge in [-0.1, -0.05) is 63.9 Å². The number of anilines is 1. The summed E-state index contributed by atoms with van der Waals surface area (Å²) in [5.41, 5.74) is 8.39. The fourth-order valence-electron chi connectivity index (χ4n) is 5.09. The Hall–Kier alpha value is -2.49. The van der Waals surface area contributed by atoms with Gasteiger partial charge in [0.25, 0.3) is 5.82 Å². The van der Waals surface area contributed by atoms with Crippen molar-refractivity contribution in [3.05, 3.63) is 65.5 Å². The highest BCUT2D eigenvalue weighted by Crippen LogP contribution is 2.36. The molecule has 0 saturated carbocycles. The van der Waals surface area contributed by atoms with E-state index in [-0.39, 0.29) is 6.98 Å². The lowest BCUT2D eigenvalue weighted by Gasteiger charge is -2.36.